The van der Waals surface area contributed by atoms with E-state index in [1.807, 2.05) is 24.3 Å². The number of nitrogens with zero attached hydrogens (tertiary/aromatic N) is 1. The first-order valence-electron chi connectivity index (χ1n) is 7.68. The average Bonchev–Trinajstić information content (AvgIpc) is 2.99. The number of nitrogens with one attached hydrogen (secondary N) is 2. The standard InChI is InChI=1S/C18H18ClN3O/c1-2-5-16(17-20-14-6-3-4-7-15(14)21-17)22-18(23)12-8-10-13(19)11-9-12/h3-4,6-11,16H,2,5H2,1H3,(H,20,21)(H,22,23)/t16-/m0/s1. The van der Waals surface area contributed by atoms with E-state index in [0.29, 0.717) is 10.6 Å². The monoisotopic (exact) mass is 327 g/mol. The molecule has 118 valence electrons. The molecule has 0 saturated heterocycles. The van der Waals surface area contributed by atoms with E-state index in [1.165, 1.54) is 0 Å². The average molecular weight is 328 g/mol. The van der Waals surface area contributed by atoms with Crippen molar-refractivity contribution in [2.45, 2.75) is 25.8 Å². The van der Waals surface area contributed by atoms with Crippen LogP contribution < -0.4 is 5.32 Å². The Morgan fingerprint density at radius 2 is 1.96 bits per heavy atom. The molecule has 0 aliphatic rings. The van der Waals surface area contributed by atoms with Crippen LogP contribution in [0.2, 0.25) is 5.02 Å². The number of hydrogen-bond donors (Lipinski definition) is 2. The number of carbonyl (C=O) groups is 1. The molecule has 1 atom stereocenters. The second-order valence-corrected chi connectivity index (χ2v) is 5.90. The summed E-state index contributed by atoms with van der Waals surface area (Å²) in [6, 6.07) is 14.6. The minimum atomic E-state index is -0.143. The molecule has 0 fully saturated rings. The molecular formula is C18H18ClN3O. The van der Waals surface area contributed by atoms with Gasteiger partial charge in [-0.15, -0.1) is 0 Å². The van der Waals surface area contributed by atoms with E-state index < -0.39 is 0 Å². The summed E-state index contributed by atoms with van der Waals surface area (Å²) >= 11 is 5.87. The Morgan fingerprint density at radius 3 is 2.65 bits per heavy atom. The fourth-order valence-electron chi connectivity index (χ4n) is 2.55. The lowest BCUT2D eigenvalue weighted by molar-refractivity contribution is 0.0933. The Balaban J connectivity index is 1.83. The fourth-order valence-corrected chi connectivity index (χ4v) is 2.67. The smallest absolute Gasteiger partial charge is 0.251 e. The van der Waals surface area contributed by atoms with E-state index in [2.05, 4.69) is 22.2 Å². The second kappa shape index (κ2) is 6.84. The highest BCUT2D eigenvalue weighted by Crippen LogP contribution is 2.20. The zero-order valence-corrected chi connectivity index (χ0v) is 13.6. The molecule has 4 nitrogen and oxygen atoms in total. The Hall–Kier alpha value is -2.33. The van der Waals surface area contributed by atoms with Gasteiger partial charge in [-0.25, -0.2) is 4.98 Å². The van der Waals surface area contributed by atoms with Crippen LogP contribution in [-0.4, -0.2) is 15.9 Å². The molecule has 0 aliphatic carbocycles. The third-order valence-corrected chi connectivity index (χ3v) is 3.98. The van der Waals surface area contributed by atoms with Crippen LogP contribution in [0.1, 0.15) is 42.0 Å². The van der Waals surface area contributed by atoms with Crippen LogP contribution in [0.15, 0.2) is 48.5 Å². The highest BCUT2D eigenvalue weighted by atomic mass is 35.5. The van der Waals surface area contributed by atoms with Crippen LogP contribution in [0.25, 0.3) is 11.0 Å². The van der Waals surface area contributed by atoms with Crippen molar-refractivity contribution in [2.24, 2.45) is 0 Å². The van der Waals surface area contributed by atoms with Crippen LogP contribution in [0.3, 0.4) is 0 Å². The Labute approximate surface area is 139 Å². The fraction of sp³-hybridized carbons (Fsp3) is 0.222. The van der Waals surface area contributed by atoms with Gasteiger partial charge >= 0.3 is 0 Å². The van der Waals surface area contributed by atoms with Gasteiger partial charge in [-0.05, 0) is 42.8 Å². The van der Waals surface area contributed by atoms with Gasteiger partial charge in [0.25, 0.3) is 5.91 Å². The number of halogens is 1. The molecule has 0 bridgehead atoms. The van der Waals surface area contributed by atoms with Gasteiger partial charge in [0.2, 0.25) is 0 Å². The SMILES string of the molecule is CCC[C@H](NC(=O)c1ccc(Cl)cc1)c1nc2ccccc2[nH]1. The van der Waals surface area contributed by atoms with Crippen molar-refractivity contribution in [3.05, 3.63) is 64.9 Å². The van der Waals surface area contributed by atoms with E-state index in [-0.39, 0.29) is 11.9 Å². The number of para-hydroxylation sites is 2. The number of carbonyl (C=O) groups excluding carboxylic acids is 1. The number of hydrogen-bond acceptors (Lipinski definition) is 2. The topological polar surface area (TPSA) is 57.8 Å². The van der Waals surface area contributed by atoms with Gasteiger partial charge in [0.15, 0.2) is 0 Å². The van der Waals surface area contributed by atoms with E-state index in [0.717, 1.165) is 29.7 Å². The minimum Gasteiger partial charge on any atom is -0.342 e. The summed E-state index contributed by atoms with van der Waals surface area (Å²) in [4.78, 5) is 20.3. The number of H-pyrrole nitrogens is 1. The number of imidazole rings is 1. The third-order valence-electron chi connectivity index (χ3n) is 3.73. The zero-order chi connectivity index (χ0) is 16.2. The quantitative estimate of drug-likeness (QED) is 0.725. The maximum absolute atomic E-state index is 12.4. The van der Waals surface area contributed by atoms with Gasteiger partial charge in [-0.1, -0.05) is 37.1 Å². The Morgan fingerprint density at radius 1 is 1.22 bits per heavy atom. The number of fused-ring (bicyclic) bond motifs is 1. The molecular weight excluding hydrogens is 310 g/mol. The molecule has 3 aromatic rings. The lowest BCUT2D eigenvalue weighted by atomic mass is 10.1. The summed E-state index contributed by atoms with van der Waals surface area (Å²) in [6.45, 7) is 2.09. The molecule has 0 spiro atoms. The maximum atomic E-state index is 12.4. The van der Waals surface area contributed by atoms with Crippen molar-refractivity contribution < 1.29 is 4.79 Å². The largest absolute Gasteiger partial charge is 0.342 e. The summed E-state index contributed by atoms with van der Waals surface area (Å²) in [5.74, 6) is 0.663. The number of aromatic nitrogens is 2. The Bertz CT molecular complexity index is 778. The molecule has 0 aliphatic heterocycles. The molecule has 1 amide bonds. The van der Waals surface area contributed by atoms with Gasteiger partial charge in [0, 0.05) is 10.6 Å². The second-order valence-electron chi connectivity index (χ2n) is 5.46. The first-order valence-corrected chi connectivity index (χ1v) is 8.06. The number of rotatable bonds is 5. The van der Waals surface area contributed by atoms with Gasteiger partial charge < -0.3 is 10.3 Å². The van der Waals surface area contributed by atoms with Gasteiger partial charge in [-0.3, -0.25) is 4.79 Å². The minimum absolute atomic E-state index is 0.124. The highest BCUT2D eigenvalue weighted by Gasteiger charge is 2.18. The number of benzene rings is 2. The molecule has 5 heteroatoms. The van der Waals surface area contributed by atoms with Crippen molar-refractivity contribution in [2.75, 3.05) is 0 Å². The predicted octanol–water partition coefficient (Wildman–Crippen LogP) is 4.49. The summed E-state index contributed by atoms with van der Waals surface area (Å²) < 4.78 is 0. The molecule has 0 unspecified atom stereocenters. The Kier molecular flexibility index (Phi) is 4.63. The van der Waals surface area contributed by atoms with Crippen LogP contribution in [0, 0.1) is 0 Å². The van der Waals surface area contributed by atoms with Crippen LogP contribution >= 0.6 is 11.6 Å². The highest BCUT2D eigenvalue weighted by molar-refractivity contribution is 6.30. The van der Waals surface area contributed by atoms with Crippen molar-refractivity contribution in [3.63, 3.8) is 0 Å². The van der Waals surface area contributed by atoms with Crippen LogP contribution in [-0.2, 0) is 0 Å². The predicted molar refractivity (Wildman–Crippen MR) is 92.7 cm³/mol. The lowest BCUT2D eigenvalue weighted by Gasteiger charge is -2.16. The van der Waals surface area contributed by atoms with Crippen molar-refractivity contribution in [3.8, 4) is 0 Å². The maximum Gasteiger partial charge on any atom is 0.251 e. The lowest BCUT2D eigenvalue weighted by Crippen LogP contribution is -2.29. The molecule has 2 aromatic carbocycles. The van der Waals surface area contributed by atoms with Crippen molar-refractivity contribution >= 4 is 28.5 Å². The molecule has 2 N–H and O–H groups in total. The molecule has 3 rings (SSSR count). The van der Waals surface area contributed by atoms with E-state index in [1.54, 1.807) is 24.3 Å². The van der Waals surface area contributed by atoms with Crippen molar-refractivity contribution in [1.82, 2.24) is 15.3 Å². The normalized spacial score (nSPS) is 12.3. The molecule has 1 aromatic heterocycles. The van der Waals surface area contributed by atoms with E-state index in [9.17, 15) is 4.79 Å². The summed E-state index contributed by atoms with van der Waals surface area (Å²) in [5.41, 5.74) is 2.47. The van der Waals surface area contributed by atoms with E-state index >= 15 is 0 Å². The van der Waals surface area contributed by atoms with Crippen LogP contribution in [0.5, 0.6) is 0 Å². The third kappa shape index (κ3) is 3.54. The van der Waals surface area contributed by atoms with Crippen molar-refractivity contribution in [1.29, 1.82) is 0 Å². The number of amides is 1. The summed E-state index contributed by atoms with van der Waals surface area (Å²) in [6.07, 6.45) is 1.77. The zero-order valence-electron chi connectivity index (χ0n) is 12.8. The van der Waals surface area contributed by atoms with Gasteiger partial charge in [-0.2, -0.15) is 0 Å². The summed E-state index contributed by atoms with van der Waals surface area (Å²) in [7, 11) is 0. The van der Waals surface area contributed by atoms with Gasteiger partial charge in [0.05, 0.1) is 17.1 Å². The first kappa shape index (κ1) is 15.6. The van der Waals surface area contributed by atoms with Gasteiger partial charge in [0.1, 0.15) is 5.82 Å². The van der Waals surface area contributed by atoms with E-state index in [4.69, 9.17) is 11.6 Å². The summed E-state index contributed by atoms with van der Waals surface area (Å²) in [5, 5.41) is 3.67. The molecule has 0 saturated carbocycles. The first-order chi connectivity index (χ1) is 11.2. The number of aromatic amines is 1. The molecule has 0 radical (unpaired) electrons. The molecule has 1 heterocycles. The molecule has 23 heavy (non-hydrogen) atoms. The van der Waals surface area contributed by atoms with Crippen LogP contribution in [0.4, 0.5) is 0 Å².